The lowest BCUT2D eigenvalue weighted by Gasteiger charge is -2.11. The van der Waals surface area contributed by atoms with Gasteiger partial charge in [0, 0.05) is 0 Å². The van der Waals surface area contributed by atoms with Crippen LogP contribution in [0.25, 0.3) is 0 Å². The molecule has 0 bridgehead atoms. The Labute approximate surface area is 124 Å². The number of ether oxygens (including phenoxy) is 1. The first-order valence-corrected chi connectivity index (χ1v) is 6.98. The summed E-state index contributed by atoms with van der Waals surface area (Å²) in [6.07, 6.45) is 0. The Morgan fingerprint density at radius 1 is 1.19 bits per heavy atom. The second kappa shape index (κ2) is 6.83. The van der Waals surface area contributed by atoms with Crippen molar-refractivity contribution in [2.45, 2.75) is 26.7 Å². The minimum atomic E-state index is -0.301. The van der Waals surface area contributed by atoms with E-state index in [4.69, 9.17) is 4.74 Å². The van der Waals surface area contributed by atoms with Crippen molar-refractivity contribution in [2.75, 3.05) is 11.9 Å². The highest BCUT2D eigenvalue weighted by molar-refractivity contribution is 6.03. The molecule has 0 saturated heterocycles. The van der Waals surface area contributed by atoms with Gasteiger partial charge in [-0.3, -0.25) is 4.79 Å². The van der Waals surface area contributed by atoms with Crippen LogP contribution >= 0.6 is 0 Å². The summed E-state index contributed by atoms with van der Waals surface area (Å²) in [5.41, 5.74) is 1.77. The Bertz CT molecular complexity index is 609. The quantitative estimate of drug-likeness (QED) is 0.916. The molecule has 0 aliphatic rings. The van der Waals surface area contributed by atoms with Crippen LogP contribution in [0.3, 0.4) is 0 Å². The average molecular weight is 285 g/mol. The fraction of sp³-hybridized carbons (Fsp3) is 0.312. The van der Waals surface area contributed by atoms with Crippen LogP contribution in [-0.4, -0.2) is 22.7 Å². The highest BCUT2D eigenvalue weighted by Gasteiger charge is 2.12. The van der Waals surface area contributed by atoms with Crippen molar-refractivity contribution in [3.05, 3.63) is 47.8 Å². The van der Waals surface area contributed by atoms with Gasteiger partial charge < -0.3 is 10.1 Å². The summed E-state index contributed by atoms with van der Waals surface area (Å²) in [6, 6.07) is 10.8. The molecule has 0 fully saturated rings. The predicted octanol–water partition coefficient (Wildman–Crippen LogP) is 3.25. The van der Waals surface area contributed by atoms with E-state index in [1.165, 1.54) is 0 Å². The maximum Gasteiger partial charge on any atom is 0.276 e. The molecule has 2 rings (SSSR count). The van der Waals surface area contributed by atoms with Crippen molar-refractivity contribution in [3.63, 3.8) is 0 Å². The number of anilines is 1. The van der Waals surface area contributed by atoms with Gasteiger partial charge in [-0.25, -0.2) is 0 Å². The molecule has 0 radical (unpaired) electrons. The van der Waals surface area contributed by atoms with Crippen molar-refractivity contribution in [1.29, 1.82) is 0 Å². The largest absolute Gasteiger partial charge is 0.492 e. The Morgan fingerprint density at radius 3 is 2.57 bits per heavy atom. The van der Waals surface area contributed by atoms with E-state index in [0.717, 1.165) is 5.69 Å². The SMILES string of the molecule is CCOc1ccccc1NC(=O)c1ccc(C(C)C)nn1. The molecule has 0 spiro atoms. The lowest BCUT2D eigenvalue weighted by molar-refractivity contribution is 0.102. The van der Waals surface area contributed by atoms with Gasteiger partial charge in [-0.1, -0.05) is 26.0 Å². The zero-order valence-electron chi connectivity index (χ0n) is 12.5. The topological polar surface area (TPSA) is 64.1 Å². The summed E-state index contributed by atoms with van der Waals surface area (Å²) in [7, 11) is 0. The van der Waals surface area contributed by atoms with E-state index in [2.05, 4.69) is 15.5 Å². The van der Waals surface area contributed by atoms with Crippen LogP contribution in [-0.2, 0) is 0 Å². The van der Waals surface area contributed by atoms with E-state index in [0.29, 0.717) is 18.0 Å². The first kappa shape index (κ1) is 15.0. The van der Waals surface area contributed by atoms with Gasteiger partial charge in [0.2, 0.25) is 0 Å². The first-order valence-electron chi connectivity index (χ1n) is 6.98. The number of rotatable bonds is 5. The molecule has 1 amide bonds. The van der Waals surface area contributed by atoms with E-state index in [9.17, 15) is 4.79 Å². The fourth-order valence-corrected chi connectivity index (χ4v) is 1.81. The highest BCUT2D eigenvalue weighted by atomic mass is 16.5. The zero-order chi connectivity index (χ0) is 15.2. The normalized spacial score (nSPS) is 10.5. The lowest BCUT2D eigenvalue weighted by Crippen LogP contribution is -2.15. The van der Waals surface area contributed by atoms with Crippen molar-refractivity contribution < 1.29 is 9.53 Å². The second-order valence-electron chi connectivity index (χ2n) is 4.88. The number of nitrogens with one attached hydrogen (secondary N) is 1. The van der Waals surface area contributed by atoms with Gasteiger partial charge >= 0.3 is 0 Å². The molecule has 0 aliphatic carbocycles. The van der Waals surface area contributed by atoms with Gasteiger partial charge in [0.25, 0.3) is 5.91 Å². The molecule has 5 heteroatoms. The molecule has 1 aromatic carbocycles. The Hall–Kier alpha value is -2.43. The minimum absolute atomic E-state index is 0.283. The molecule has 0 aliphatic heterocycles. The number of carbonyl (C=O) groups excluding carboxylic acids is 1. The van der Waals surface area contributed by atoms with E-state index in [1.807, 2.05) is 45.0 Å². The third-order valence-electron chi connectivity index (χ3n) is 2.94. The predicted molar refractivity (Wildman–Crippen MR) is 81.7 cm³/mol. The molecule has 0 saturated carbocycles. The van der Waals surface area contributed by atoms with Crippen molar-refractivity contribution in [1.82, 2.24) is 10.2 Å². The van der Waals surface area contributed by atoms with Crippen LogP contribution in [0.2, 0.25) is 0 Å². The number of carbonyl (C=O) groups is 1. The van der Waals surface area contributed by atoms with Crippen LogP contribution < -0.4 is 10.1 Å². The molecule has 110 valence electrons. The van der Waals surface area contributed by atoms with Gasteiger partial charge in [-0.2, -0.15) is 5.10 Å². The number of hydrogen-bond donors (Lipinski definition) is 1. The molecule has 1 aromatic heterocycles. The molecular weight excluding hydrogens is 266 g/mol. The maximum absolute atomic E-state index is 12.2. The summed E-state index contributed by atoms with van der Waals surface area (Å²) in [5, 5.41) is 10.8. The first-order chi connectivity index (χ1) is 10.1. The number of hydrogen-bond acceptors (Lipinski definition) is 4. The summed E-state index contributed by atoms with van der Waals surface area (Å²) in [5.74, 6) is 0.623. The Kier molecular flexibility index (Phi) is 4.87. The molecule has 2 aromatic rings. The number of benzene rings is 1. The minimum Gasteiger partial charge on any atom is -0.492 e. The van der Waals surface area contributed by atoms with E-state index in [-0.39, 0.29) is 17.5 Å². The van der Waals surface area contributed by atoms with Gasteiger partial charge in [-0.05, 0) is 37.1 Å². The van der Waals surface area contributed by atoms with Gasteiger partial charge in [0.05, 0.1) is 18.0 Å². The molecule has 1 heterocycles. The highest BCUT2D eigenvalue weighted by Crippen LogP contribution is 2.24. The van der Waals surface area contributed by atoms with Crippen molar-refractivity contribution in [2.24, 2.45) is 0 Å². The van der Waals surface area contributed by atoms with Crippen LogP contribution in [0.4, 0.5) is 5.69 Å². The number of amides is 1. The Balaban J connectivity index is 2.14. The van der Waals surface area contributed by atoms with E-state index in [1.54, 1.807) is 12.1 Å². The molecule has 5 nitrogen and oxygen atoms in total. The standard InChI is InChI=1S/C16H19N3O2/c1-4-21-15-8-6-5-7-13(15)17-16(20)14-10-9-12(11(2)3)18-19-14/h5-11H,4H2,1-3H3,(H,17,20). The fourth-order valence-electron chi connectivity index (χ4n) is 1.81. The van der Waals surface area contributed by atoms with Crippen LogP contribution in [0.1, 0.15) is 42.9 Å². The average Bonchev–Trinajstić information content (AvgIpc) is 2.49. The zero-order valence-corrected chi connectivity index (χ0v) is 12.5. The van der Waals surface area contributed by atoms with Crippen LogP contribution in [0.15, 0.2) is 36.4 Å². The summed E-state index contributed by atoms with van der Waals surface area (Å²) in [4.78, 5) is 12.2. The second-order valence-corrected chi connectivity index (χ2v) is 4.88. The van der Waals surface area contributed by atoms with Gasteiger partial charge in [0.1, 0.15) is 5.75 Å². The molecule has 1 N–H and O–H groups in total. The third kappa shape index (κ3) is 3.78. The maximum atomic E-state index is 12.2. The van der Waals surface area contributed by atoms with Gasteiger partial charge in [-0.15, -0.1) is 5.10 Å². The summed E-state index contributed by atoms with van der Waals surface area (Å²) in [6.45, 7) is 6.49. The third-order valence-corrected chi connectivity index (χ3v) is 2.94. The molecule has 21 heavy (non-hydrogen) atoms. The lowest BCUT2D eigenvalue weighted by atomic mass is 10.1. The van der Waals surface area contributed by atoms with Gasteiger partial charge in [0.15, 0.2) is 5.69 Å². The van der Waals surface area contributed by atoms with Crippen molar-refractivity contribution in [3.8, 4) is 5.75 Å². The van der Waals surface area contributed by atoms with E-state index >= 15 is 0 Å². The van der Waals surface area contributed by atoms with Crippen LogP contribution in [0.5, 0.6) is 5.75 Å². The number of para-hydroxylation sites is 2. The van der Waals surface area contributed by atoms with E-state index < -0.39 is 0 Å². The molecule has 0 unspecified atom stereocenters. The number of aromatic nitrogens is 2. The molecule has 0 atom stereocenters. The monoisotopic (exact) mass is 285 g/mol. The molecular formula is C16H19N3O2. The van der Waals surface area contributed by atoms with Crippen molar-refractivity contribution >= 4 is 11.6 Å². The van der Waals surface area contributed by atoms with Crippen LogP contribution in [0, 0.1) is 0 Å². The Morgan fingerprint density at radius 2 is 1.95 bits per heavy atom. The summed E-state index contributed by atoms with van der Waals surface area (Å²) < 4.78 is 5.47. The summed E-state index contributed by atoms with van der Waals surface area (Å²) >= 11 is 0. The smallest absolute Gasteiger partial charge is 0.276 e. The number of nitrogens with zero attached hydrogens (tertiary/aromatic N) is 2.